The second-order valence-corrected chi connectivity index (χ2v) is 6.70. The zero-order chi connectivity index (χ0) is 12.5. The highest BCUT2D eigenvalue weighted by Crippen LogP contribution is 2.38. The summed E-state index contributed by atoms with van der Waals surface area (Å²) in [7, 11) is 0. The molecule has 98 valence electrons. The fourth-order valence-electron chi connectivity index (χ4n) is 3.37. The maximum absolute atomic E-state index is 11.1. The molecule has 0 aromatic carbocycles. The van der Waals surface area contributed by atoms with Gasteiger partial charge in [0.25, 0.3) is 0 Å². The van der Waals surface area contributed by atoms with Gasteiger partial charge in [0, 0.05) is 25.0 Å². The Labute approximate surface area is 105 Å². The lowest BCUT2D eigenvalue weighted by Gasteiger charge is -2.41. The zero-order valence-corrected chi connectivity index (χ0v) is 11.4. The van der Waals surface area contributed by atoms with Crippen LogP contribution < -0.4 is 10.6 Å². The molecule has 1 saturated heterocycles. The van der Waals surface area contributed by atoms with Crippen molar-refractivity contribution in [3.05, 3.63) is 0 Å². The second kappa shape index (κ2) is 4.97. The third-order valence-electron chi connectivity index (χ3n) is 4.41. The molecule has 0 spiro atoms. The molecule has 1 heterocycles. The van der Waals surface area contributed by atoms with Gasteiger partial charge in [-0.05, 0) is 37.0 Å². The molecule has 2 fully saturated rings. The number of hydrogen-bond donors (Lipinski definition) is 2. The van der Waals surface area contributed by atoms with Crippen molar-refractivity contribution in [2.24, 2.45) is 11.3 Å². The quantitative estimate of drug-likeness (QED) is 0.773. The van der Waals surface area contributed by atoms with Crippen LogP contribution in [0.3, 0.4) is 0 Å². The van der Waals surface area contributed by atoms with E-state index in [1.165, 1.54) is 19.3 Å². The maximum atomic E-state index is 11.1. The third kappa shape index (κ3) is 3.44. The summed E-state index contributed by atoms with van der Waals surface area (Å²) in [6.45, 7) is 7.92. The number of amides is 1. The molecule has 0 aromatic heterocycles. The van der Waals surface area contributed by atoms with Gasteiger partial charge in [0.2, 0.25) is 5.91 Å². The highest BCUT2D eigenvalue weighted by molar-refractivity contribution is 5.76. The van der Waals surface area contributed by atoms with Gasteiger partial charge in [-0.15, -0.1) is 0 Å². The highest BCUT2D eigenvalue weighted by atomic mass is 16.1. The van der Waals surface area contributed by atoms with Crippen molar-refractivity contribution < 1.29 is 4.79 Å². The van der Waals surface area contributed by atoms with Crippen LogP contribution in [-0.4, -0.2) is 24.5 Å². The van der Waals surface area contributed by atoms with Gasteiger partial charge >= 0.3 is 0 Å². The van der Waals surface area contributed by atoms with E-state index in [-0.39, 0.29) is 5.91 Å². The standard InChI is InChI=1S/C14H26N2O/c1-10-8-14(2,3)7-6-12(10)16-11-4-5-13(17)15-9-11/h10-12,16H,4-9H2,1-3H3,(H,15,17). The fourth-order valence-corrected chi connectivity index (χ4v) is 3.37. The molecule has 1 saturated carbocycles. The van der Waals surface area contributed by atoms with Crippen molar-refractivity contribution in [3.63, 3.8) is 0 Å². The molecule has 0 bridgehead atoms. The molecular weight excluding hydrogens is 212 g/mol. The first kappa shape index (κ1) is 12.9. The summed E-state index contributed by atoms with van der Waals surface area (Å²) in [6.07, 6.45) is 5.58. The van der Waals surface area contributed by atoms with Crippen LogP contribution in [0.15, 0.2) is 0 Å². The SMILES string of the molecule is CC1CC(C)(C)CCC1NC1CCC(=O)NC1. The summed E-state index contributed by atoms with van der Waals surface area (Å²) in [5.74, 6) is 0.956. The van der Waals surface area contributed by atoms with Gasteiger partial charge in [0.05, 0.1) is 0 Å². The molecule has 0 radical (unpaired) electrons. The van der Waals surface area contributed by atoms with Crippen LogP contribution in [-0.2, 0) is 4.79 Å². The van der Waals surface area contributed by atoms with Crippen LogP contribution >= 0.6 is 0 Å². The molecular formula is C14H26N2O. The Balaban J connectivity index is 1.81. The van der Waals surface area contributed by atoms with Crippen molar-refractivity contribution in [1.29, 1.82) is 0 Å². The minimum Gasteiger partial charge on any atom is -0.355 e. The smallest absolute Gasteiger partial charge is 0.220 e. The Morgan fingerprint density at radius 3 is 2.71 bits per heavy atom. The Hall–Kier alpha value is -0.570. The first-order valence-electron chi connectivity index (χ1n) is 6.99. The van der Waals surface area contributed by atoms with Crippen LogP contribution in [0.5, 0.6) is 0 Å². The van der Waals surface area contributed by atoms with E-state index in [0.717, 1.165) is 18.9 Å². The van der Waals surface area contributed by atoms with E-state index in [1.807, 2.05) is 0 Å². The van der Waals surface area contributed by atoms with Crippen molar-refractivity contribution in [3.8, 4) is 0 Å². The van der Waals surface area contributed by atoms with E-state index in [4.69, 9.17) is 0 Å². The third-order valence-corrected chi connectivity index (χ3v) is 4.41. The van der Waals surface area contributed by atoms with Gasteiger partial charge in [-0.2, -0.15) is 0 Å². The van der Waals surface area contributed by atoms with E-state index in [1.54, 1.807) is 0 Å². The molecule has 2 N–H and O–H groups in total. The van der Waals surface area contributed by atoms with Crippen LogP contribution in [0.25, 0.3) is 0 Å². The van der Waals surface area contributed by atoms with Crippen LogP contribution in [0, 0.1) is 11.3 Å². The minimum absolute atomic E-state index is 0.209. The highest BCUT2D eigenvalue weighted by Gasteiger charge is 2.33. The fraction of sp³-hybridized carbons (Fsp3) is 0.929. The van der Waals surface area contributed by atoms with Crippen LogP contribution in [0.4, 0.5) is 0 Å². The van der Waals surface area contributed by atoms with Crippen LogP contribution in [0.1, 0.15) is 52.9 Å². The summed E-state index contributed by atoms with van der Waals surface area (Å²) >= 11 is 0. The van der Waals surface area contributed by atoms with Crippen molar-refractivity contribution >= 4 is 5.91 Å². The number of piperidine rings is 1. The number of carbonyl (C=O) groups excluding carboxylic acids is 1. The molecule has 3 atom stereocenters. The normalized spacial score (nSPS) is 37.6. The Bertz CT molecular complexity index is 278. The first-order chi connectivity index (χ1) is 7.96. The Morgan fingerprint density at radius 2 is 2.12 bits per heavy atom. The number of rotatable bonds is 2. The maximum Gasteiger partial charge on any atom is 0.220 e. The molecule has 1 amide bonds. The lowest BCUT2D eigenvalue weighted by Crippen LogP contribution is -2.52. The van der Waals surface area contributed by atoms with E-state index in [9.17, 15) is 4.79 Å². The monoisotopic (exact) mass is 238 g/mol. The summed E-state index contributed by atoms with van der Waals surface area (Å²) in [5.41, 5.74) is 0.512. The average Bonchev–Trinajstić information content (AvgIpc) is 2.24. The first-order valence-corrected chi connectivity index (χ1v) is 6.99. The average molecular weight is 238 g/mol. The molecule has 2 aliphatic rings. The largest absolute Gasteiger partial charge is 0.355 e. The van der Waals surface area contributed by atoms with E-state index in [2.05, 4.69) is 31.4 Å². The van der Waals surface area contributed by atoms with Crippen LogP contribution in [0.2, 0.25) is 0 Å². The van der Waals surface area contributed by atoms with Crippen molar-refractivity contribution in [1.82, 2.24) is 10.6 Å². The molecule has 3 nitrogen and oxygen atoms in total. The molecule has 1 aliphatic heterocycles. The zero-order valence-electron chi connectivity index (χ0n) is 11.4. The van der Waals surface area contributed by atoms with Gasteiger partial charge in [-0.25, -0.2) is 0 Å². The van der Waals surface area contributed by atoms with Crippen molar-refractivity contribution in [2.45, 2.75) is 65.0 Å². The second-order valence-electron chi connectivity index (χ2n) is 6.70. The van der Waals surface area contributed by atoms with Gasteiger partial charge < -0.3 is 10.6 Å². The van der Waals surface area contributed by atoms with E-state index >= 15 is 0 Å². The summed E-state index contributed by atoms with van der Waals surface area (Å²) in [5, 5.41) is 6.70. The lowest BCUT2D eigenvalue weighted by atomic mass is 9.70. The number of nitrogens with one attached hydrogen (secondary N) is 2. The molecule has 3 unspecified atom stereocenters. The van der Waals surface area contributed by atoms with Crippen molar-refractivity contribution in [2.75, 3.05) is 6.54 Å². The molecule has 3 heteroatoms. The van der Waals surface area contributed by atoms with Gasteiger partial charge in [0.15, 0.2) is 0 Å². The minimum atomic E-state index is 0.209. The number of hydrogen-bond acceptors (Lipinski definition) is 2. The summed E-state index contributed by atoms with van der Waals surface area (Å²) in [4.78, 5) is 11.1. The molecule has 17 heavy (non-hydrogen) atoms. The number of carbonyl (C=O) groups is 1. The van der Waals surface area contributed by atoms with Gasteiger partial charge in [-0.1, -0.05) is 20.8 Å². The Morgan fingerprint density at radius 1 is 1.35 bits per heavy atom. The lowest BCUT2D eigenvalue weighted by molar-refractivity contribution is -0.122. The van der Waals surface area contributed by atoms with Gasteiger partial charge in [-0.3, -0.25) is 4.79 Å². The predicted octanol–water partition coefficient (Wildman–Crippen LogP) is 2.07. The van der Waals surface area contributed by atoms with E-state index < -0.39 is 0 Å². The predicted molar refractivity (Wildman–Crippen MR) is 69.8 cm³/mol. The van der Waals surface area contributed by atoms with Gasteiger partial charge in [0.1, 0.15) is 0 Å². The van der Waals surface area contributed by atoms with E-state index in [0.29, 0.717) is 23.9 Å². The molecule has 2 rings (SSSR count). The summed E-state index contributed by atoms with van der Waals surface area (Å²) in [6, 6.07) is 1.13. The summed E-state index contributed by atoms with van der Waals surface area (Å²) < 4.78 is 0. The Kier molecular flexibility index (Phi) is 3.76. The molecule has 0 aromatic rings. The topological polar surface area (TPSA) is 41.1 Å². The molecule has 1 aliphatic carbocycles.